The molecule has 8 heteroatoms. The van der Waals surface area contributed by atoms with Gasteiger partial charge in [-0.1, -0.05) is 21.1 Å². The first-order chi connectivity index (χ1) is 9.02. The molecule has 0 atom stereocenters. The number of aryl methyl sites for hydroxylation is 1. The minimum absolute atomic E-state index is 0.0638. The Labute approximate surface area is 122 Å². The lowest BCUT2D eigenvalue weighted by Crippen LogP contribution is -2.14. The molecule has 2 aromatic rings. The van der Waals surface area contributed by atoms with E-state index in [9.17, 15) is 0 Å². The standard InChI is InChI=1S/C11H12BrN5OS/c1-6-14-15-11(17(6)2)19-9-5-7(12)3-4-8(9)10(13)16-18/h3-5,18H,1-2H3,(H2,13,16). The van der Waals surface area contributed by atoms with Crippen LogP contribution in [-0.2, 0) is 7.05 Å². The van der Waals surface area contributed by atoms with Gasteiger partial charge in [-0.3, -0.25) is 0 Å². The van der Waals surface area contributed by atoms with Crippen LogP contribution in [0.4, 0.5) is 0 Å². The molecule has 2 rings (SSSR count). The summed E-state index contributed by atoms with van der Waals surface area (Å²) in [6.45, 7) is 1.88. The third-order valence-corrected chi connectivity index (χ3v) is 4.17. The van der Waals surface area contributed by atoms with Crippen LogP contribution in [0.3, 0.4) is 0 Å². The maximum Gasteiger partial charge on any atom is 0.195 e. The number of amidine groups is 1. The average molecular weight is 342 g/mol. The summed E-state index contributed by atoms with van der Waals surface area (Å²) < 4.78 is 2.78. The van der Waals surface area contributed by atoms with E-state index in [1.165, 1.54) is 11.8 Å². The highest BCUT2D eigenvalue weighted by Gasteiger charge is 2.13. The van der Waals surface area contributed by atoms with Crippen LogP contribution in [0.25, 0.3) is 0 Å². The molecule has 6 nitrogen and oxygen atoms in total. The SMILES string of the molecule is Cc1nnc(Sc2cc(Br)ccc2/C(N)=N/O)n1C. The molecule has 19 heavy (non-hydrogen) atoms. The molecule has 100 valence electrons. The zero-order chi connectivity index (χ0) is 14.0. The molecule has 0 saturated carbocycles. The predicted molar refractivity (Wildman–Crippen MR) is 76.5 cm³/mol. The average Bonchev–Trinajstić information content (AvgIpc) is 2.70. The molecule has 0 unspecified atom stereocenters. The number of aromatic nitrogens is 3. The molecule has 0 aliphatic heterocycles. The fourth-order valence-corrected chi connectivity index (χ4v) is 2.95. The zero-order valence-electron chi connectivity index (χ0n) is 10.3. The van der Waals surface area contributed by atoms with Gasteiger partial charge in [0.2, 0.25) is 0 Å². The Morgan fingerprint density at radius 3 is 2.79 bits per heavy atom. The van der Waals surface area contributed by atoms with E-state index in [2.05, 4.69) is 31.3 Å². The number of oxime groups is 1. The van der Waals surface area contributed by atoms with Gasteiger partial charge in [0.05, 0.1) is 0 Å². The van der Waals surface area contributed by atoms with E-state index in [-0.39, 0.29) is 5.84 Å². The second kappa shape index (κ2) is 5.62. The van der Waals surface area contributed by atoms with Crippen molar-refractivity contribution in [1.29, 1.82) is 0 Å². The normalized spacial score (nSPS) is 11.8. The van der Waals surface area contributed by atoms with E-state index in [0.29, 0.717) is 5.56 Å². The van der Waals surface area contributed by atoms with E-state index in [1.807, 2.05) is 30.7 Å². The fourth-order valence-electron chi connectivity index (χ4n) is 1.42. The third-order valence-electron chi connectivity index (χ3n) is 2.58. The van der Waals surface area contributed by atoms with Crippen LogP contribution in [0.5, 0.6) is 0 Å². The molecule has 1 aromatic heterocycles. The number of benzene rings is 1. The molecule has 0 amide bonds. The van der Waals surface area contributed by atoms with E-state index >= 15 is 0 Å². The number of nitrogens with two attached hydrogens (primary N) is 1. The van der Waals surface area contributed by atoms with Crippen molar-refractivity contribution in [3.63, 3.8) is 0 Å². The highest BCUT2D eigenvalue weighted by Crippen LogP contribution is 2.31. The maximum absolute atomic E-state index is 8.82. The van der Waals surface area contributed by atoms with Crippen LogP contribution < -0.4 is 5.73 Å². The van der Waals surface area contributed by atoms with Gasteiger partial charge < -0.3 is 15.5 Å². The number of halogens is 1. The van der Waals surface area contributed by atoms with E-state index in [1.54, 1.807) is 6.07 Å². The van der Waals surface area contributed by atoms with Gasteiger partial charge in [-0.25, -0.2) is 0 Å². The van der Waals surface area contributed by atoms with Gasteiger partial charge in [-0.15, -0.1) is 10.2 Å². The molecule has 1 heterocycles. The summed E-state index contributed by atoms with van der Waals surface area (Å²) >= 11 is 4.81. The monoisotopic (exact) mass is 341 g/mol. The fraction of sp³-hybridized carbons (Fsp3) is 0.182. The number of rotatable bonds is 3. The smallest absolute Gasteiger partial charge is 0.195 e. The molecule has 0 saturated heterocycles. The second-order valence-electron chi connectivity index (χ2n) is 3.82. The Balaban J connectivity index is 2.44. The van der Waals surface area contributed by atoms with Gasteiger partial charge in [-0.05, 0) is 36.9 Å². The van der Waals surface area contributed by atoms with Crippen molar-refractivity contribution in [2.75, 3.05) is 0 Å². The Bertz CT molecular complexity index is 640. The van der Waals surface area contributed by atoms with Gasteiger partial charge in [0.15, 0.2) is 11.0 Å². The number of hydrogen-bond acceptors (Lipinski definition) is 5. The minimum atomic E-state index is 0.0638. The summed E-state index contributed by atoms with van der Waals surface area (Å²) in [5, 5.41) is 20.7. The highest BCUT2D eigenvalue weighted by molar-refractivity contribution is 9.10. The van der Waals surface area contributed by atoms with Crippen molar-refractivity contribution in [2.24, 2.45) is 17.9 Å². The Hall–Kier alpha value is -1.54. The van der Waals surface area contributed by atoms with E-state index in [0.717, 1.165) is 20.3 Å². The van der Waals surface area contributed by atoms with Crippen LogP contribution in [-0.4, -0.2) is 25.8 Å². The summed E-state index contributed by atoms with van der Waals surface area (Å²) in [5.74, 6) is 0.886. The molecular weight excluding hydrogens is 330 g/mol. The molecule has 1 aromatic carbocycles. The lowest BCUT2D eigenvalue weighted by atomic mass is 10.2. The largest absolute Gasteiger partial charge is 0.409 e. The van der Waals surface area contributed by atoms with Crippen molar-refractivity contribution >= 4 is 33.5 Å². The van der Waals surface area contributed by atoms with Crippen LogP contribution in [0.1, 0.15) is 11.4 Å². The second-order valence-corrected chi connectivity index (χ2v) is 5.74. The Morgan fingerprint density at radius 1 is 1.47 bits per heavy atom. The lowest BCUT2D eigenvalue weighted by Gasteiger charge is -2.08. The predicted octanol–water partition coefficient (Wildman–Crippen LogP) is 2.13. The van der Waals surface area contributed by atoms with Crippen molar-refractivity contribution in [2.45, 2.75) is 17.0 Å². The van der Waals surface area contributed by atoms with Gasteiger partial charge in [0, 0.05) is 22.0 Å². The maximum atomic E-state index is 8.82. The van der Waals surface area contributed by atoms with Crippen LogP contribution in [0.15, 0.2) is 37.9 Å². The molecule has 0 spiro atoms. The summed E-state index contributed by atoms with van der Waals surface area (Å²) in [5.41, 5.74) is 6.32. The summed E-state index contributed by atoms with van der Waals surface area (Å²) in [6, 6.07) is 5.51. The molecule has 0 aliphatic rings. The van der Waals surface area contributed by atoms with Crippen molar-refractivity contribution in [3.8, 4) is 0 Å². The highest BCUT2D eigenvalue weighted by atomic mass is 79.9. The summed E-state index contributed by atoms with van der Waals surface area (Å²) in [7, 11) is 1.89. The van der Waals surface area contributed by atoms with E-state index < -0.39 is 0 Å². The summed E-state index contributed by atoms with van der Waals surface area (Å²) in [4.78, 5) is 0.833. The molecule has 0 radical (unpaired) electrons. The first-order valence-corrected chi connectivity index (χ1v) is 6.95. The number of nitrogens with zero attached hydrogens (tertiary/aromatic N) is 4. The van der Waals surface area contributed by atoms with Crippen molar-refractivity contribution < 1.29 is 5.21 Å². The van der Waals surface area contributed by atoms with E-state index in [4.69, 9.17) is 10.9 Å². The molecule has 0 aliphatic carbocycles. The van der Waals surface area contributed by atoms with Gasteiger partial charge >= 0.3 is 0 Å². The molecule has 3 N–H and O–H groups in total. The lowest BCUT2D eigenvalue weighted by molar-refractivity contribution is 0.318. The third kappa shape index (κ3) is 2.90. The van der Waals surface area contributed by atoms with Crippen molar-refractivity contribution in [3.05, 3.63) is 34.1 Å². The quantitative estimate of drug-likeness (QED) is 0.386. The first kappa shape index (κ1) is 13.9. The van der Waals surface area contributed by atoms with Gasteiger partial charge in [-0.2, -0.15) is 0 Å². The van der Waals surface area contributed by atoms with Crippen LogP contribution >= 0.6 is 27.7 Å². The number of hydrogen-bond donors (Lipinski definition) is 2. The molecule has 0 fully saturated rings. The molecular formula is C11H12BrN5OS. The topological polar surface area (TPSA) is 89.3 Å². The summed E-state index contributed by atoms with van der Waals surface area (Å²) in [6.07, 6.45) is 0. The molecule has 0 bridgehead atoms. The van der Waals surface area contributed by atoms with Gasteiger partial charge in [0.25, 0.3) is 0 Å². The van der Waals surface area contributed by atoms with Gasteiger partial charge in [0.1, 0.15) is 5.82 Å². The Morgan fingerprint density at radius 2 is 2.21 bits per heavy atom. The zero-order valence-corrected chi connectivity index (χ0v) is 12.7. The Kier molecular flexibility index (Phi) is 4.11. The van der Waals surface area contributed by atoms with Crippen molar-refractivity contribution in [1.82, 2.24) is 14.8 Å². The minimum Gasteiger partial charge on any atom is -0.409 e. The van der Waals surface area contributed by atoms with Crippen LogP contribution in [0.2, 0.25) is 0 Å². The first-order valence-electron chi connectivity index (χ1n) is 5.34. The van der Waals surface area contributed by atoms with Crippen LogP contribution in [0, 0.1) is 6.92 Å².